The van der Waals surface area contributed by atoms with Crippen LogP contribution in [-0.4, -0.2) is 23.7 Å². The molecule has 108 valence electrons. The van der Waals surface area contributed by atoms with Crippen molar-refractivity contribution in [3.63, 3.8) is 0 Å². The van der Waals surface area contributed by atoms with Crippen LogP contribution in [0.2, 0.25) is 0 Å². The average Bonchev–Trinajstić information content (AvgIpc) is 2.42. The van der Waals surface area contributed by atoms with Gasteiger partial charge in [-0.3, -0.25) is 0 Å². The molecular weight excluding hydrogens is 288 g/mol. The number of hydrogen-bond donors (Lipinski definition) is 2. The van der Waals surface area contributed by atoms with E-state index in [1.165, 1.54) is 0 Å². The van der Waals surface area contributed by atoms with Crippen molar-refractivity contribution in [1.29, 1.82) is 0 Å². The minimum atomic E-state index is 0.203. The van der Waals surface area contributed by atoms with Crippen molar-refractivity contribution in [2.75, 3.05) is 13.2 Å². The first-order chi connectivity index (χ1) is 9.58. The molecule has 0 bridgehead atoms. The zero-order valence-corrected chi connectivity index (χ0v) is 13.5. The van der Waals surface area contributed by atoms with Gasteiger partial charge in [-0.15, -0.1) is 0 Å². The lowest BCUT2D eigenvalue weighted by Gasteiger charge is -2.14. The van der Waals surface area contributed by atoms with E-state index in [0.29, 0.717) is 13.2 Å². The van der Waals surface area contributed by atoms with Crippen LogP contribution in [0, 0.1) is 0 Å². The van der Waals surface area contributed by atoms with Gasteiger partial charge in [-0.1, -0.05) is 38.1 Å². The molecule has 0 aromatic heterocycles. The van der Waals surface area contributed by atoms with Gasteiger partial charge in [-0.05, 0) is 12.1 Å². The van der Waals surface area contributed by atoms with E-state index in [-0.39, 0.29) is 10.5 Å². The summed E-state index contributed by atoms with van der Waals surface area (Å²) in [6.07, 6.45) is 0. The summed E-state index contributed by atoms with van der Waals surface area (Å²) in [5, 5.41) is 2.53. The Kier molecular flexibility index (Phi) is 5.49. The van der Waals surface area contributed by atoms with Crippen molar-refractivity contribution in [3.05, 3.63) is 36.4 Å². The van der Waals surface area contributed by atoms with E-state index in [9.17, 15) is 0 Å². The van der Waals surface area contributed by atoms with E-state index >= 15 is 0 Å². The highest BCUT2D eigenvalue weighted by Crippen LogP contribution is 2.32. The van der Waals surface area contributed by atoms with Crippen molar-refractivity contribution < 1.29 is 9.47 Å². The number of ether oxygens (including phenoxy) is 2. The Morgan fingerprint density at radius 3 is 1.55 bits per heavy atom. The number of benzene rings is 2. The summed E-state index contributed by atoms with van der Waals surface area (Å²) in [7, 11) is 0. The molecule has 0 aliphatic rings. The highest BCUT2D eigenvalue weighted by atomic mass is 32.1. The molecule has 0 saturated carbocycles. The molecule has 0 aliphatic heterocycles. The van der Waals surface area contributed by atoms with Crippen LogP contribution in [0.4, 0.5) is 0 Å². The smallest absolute Gasteiger partial charge is 0.127 e. The van der Waals surface area contributed by atoms with Crippen molar-refractivity contribution >= 4 is 36.0 Å². The third-order valence-corrected chi connectivity index (χ3v) is 3.10. The molecule has 0 N–H and O–H groups in total. The quantitative estimate of drug-likeness (QED) is 0.778. The van der Waals surface area contributed by atoms with Gasteiger partial charge in [-0.25, -0.2) is 0 Å². The first-order valence-electron chi connectivity index (χ1n) is 6.71. The van der Waals surface area contributed by atoms with E-state index in [4.69, 9.17) is 9.47 Å². The second kappa shape index (κ2) is 7.14. The van der Waals surface area contributed by atoms with Gasteiger partial charge in [0.15, 0.2) is 0 Å². The Hall–Kier alpha value is -1.00. The molecule has 0 amide bonds. The predicted molar refractivity (Wildman–Crippen MR) is 91.8 cm³/mol. The minimum absolute atomic E-state index is 0.203. The van der Waals surface area contributed by atoms with Crippen molar-refractivity contribution in [3.8, 4) is 11.5 Å². The Morgan fingerprint density at radius 1 is 0.800 bits per heavy atom. The fraction of sp³-hybridized carbons (Fsp3) is 0.375. The first-order valence-corrected chi connectivity index (χ1v) is 7.74. The highest BCUT2D eigenvalue weighted by Gasteiger charge is 2.08. The zero-order valence-electron chi connectivity index (χ0n) is 11.7. The molecule has 0 aliphatic carbocycles. The largest absolute Gasteiger partial charge is 0.492 e. The molecule has 2 unspecified atom stereocenters. The molecular formula is C16H20O2S2. The lowest BCUT2D eigenvalue weighted by Crippen LogP contribution is -2.08. The maximum Gasteiger partial charge on any atom is 0.127 e. The maximum absolute atomic E-state index is 5.81. The van der Waals surface area contributed by atoms with Gasteiger partial charge in [-0.2, -0.15) is 25.3 Å². The van der Waals surface area contributed by atoms with Gasteiger partial charge in [0, 0.05) is 21.3 Å². The van der Waals surface area contributed by atoms with Crippen LogP contribution < -0.4 is 9.47 Å². The molecule has 2 nitrogen and oxygen atoms in total. The molecule has 0 saturated heterocycles. The lowest BCUT2D eigenvalue weighted by atomic mass is 10.1. The summed E-state index contributed by atoms with van der Waals surface area (Å²) in [6.45, 7) is 5.19. The molecule has 2 aromatic rings. The lowest BCUT2D eigenvalue weighted by molar-refractivity contribution is 0.323. The topological polar surface area (TPSA) is 18.5 Å². The zero-order chi connectivity index (χ0) is 14.5. The van der Waals surface area contributed by atoms with Gasteiger partial charge in [0.25, 0.3) is 0 Å². The van der Waals surface area contributed by atoms with E-state index in [0.717, 1.165) is 22.3 Å². The highest BCUT2D eigenvalue weighted by molar-refractivity contribution is 7.81. The monoisotopic (exact) mass is 308 g/mol. The SMILES string of the molecule is CC(S)COc1cccc2c(OCC(C)S)cccc12. The third kappa shape index (κ3) is 4.00. The van der Waals surface area contributed by atoms with E-state index < -0.39 is 0 Å². The molecule has 4 heteroatoms. The average molecular weight is 308 g/mol. The van der Waals surface area contributed by atoms with Crippen LogP contribution >= 0.6 is 25.3 Å². The van der Waals surface area contributed by atoms with Crippen molar-refractivity contribution in [2.24, 2.45) is 0 Å². The number of hydrogen-bond acceptors (Lipinski definition) is 4. The van der Waals surface area contributed by atoms with E-state index in [2.05, 4.69) is 25.3 Å². The normalized spacial score (nSPS) is 14.0. The van der Waals surface area contributed by atoms with E-state index in [1.54, 1.807) is 0 Å². The molecule has 2 rings (SSSR count). The van der Waals surface area contributed by atoms with Crippen LogP contribution in [0.15, 0.2) is 36.4 Å². The van der Waals surface area contributed by atoms with Gasteiger partial charge in [0.05, 0.1) is 13.2 Å². The summed E-state index contributed by atoms with van der Waals surface area (Å²) in [5.74, 6) is 1.74. The standard InChI is InChI=1S/C16H20O2S2/c1-11(19)9-17-15-7-3-6-14-13(15)5-4-8-16(14)18-10-12(2)20/h3-8,11-12,19-20H,9-10H2,1-2H3. The predicted octanol–water partition coefficient (Wildman–Crippen LogP) is 4.23. The van der Waals surface area contributed by atoms with Crippen LogP contribution in [0.5, 0.6) is 11.5 Å². The Labute approximate surface area is 131 Å². The fourth-order valence-electron chi connectivity index (χ4n) is 1.92. The van der Waals surface area contributed by atoms with Crippen LogP contribution in [0.3, 0.4) is 0 Å². The van der Waals surface area contributed by atoms with Crippen LogP contribution in [-0.2, 0) is 0 Å². The first kappa shape index (κ1) is 15.4. The second-order valence-electron chi connectivity index (χ2n) is 4.93. The second-order valence-corrected chi connectivity index (χ2v) is 6.69. The summed E-state index contributed by atoms with van der Waals surface area (Å²) < 4.78 is 11.6. The van der Waals surface area contributed by atoms with Gasteiger partial charge < -0.3 is 9.47 Å². The third-order valence-electron chi connectivity index (χ3n) is 2.80. The molecule has 0 spiro atoms. The molecule has 0 heterocycles. The number of fused-ring (bicyclic) bond motifs is 1. The fourth-order valence-corrected chi connectivity index (χ4v) is 2.07. The molecule has 0 fully saturated rings. The summed E-state index contributed by atoms with van der Waals surface area (Å²) >= 11 is 8.68. The van der Waals surface area contributed by atoms with Crippen molar-refractivity contribution in [2.45, 2.75) is 24.3 Å². The van der Waals surface area contributed by atoms with Gasteiger partial charge in [0.1, 0.15) is 11.5 Å². The van der Waals surface area contributed by atoms with E-state index in [1.807, 2.05) is 50.2 Å². The summed E-state index contributed by atoms with van der Waals surface area (Å²) in [5.41, 5.74) is 0. The Balaban J connectivity index is 2.30. The van der Waals surface area contributed by atoms with Crippen molar-refractivity contribution in [1.82, 2.24) is 0 Å². The summed E-state index contributed by atoms with van der Waals surface area (Å²) in [4.78, 5) is 0. The molecule has 2 atom stereocenters. The van der Waals surface area contributed by atoms with Crippen LogP contribution in [0.1, 0.15) is 13.8 Å². The molecule has 20 heavy (non-hydrogen) atoms. The van der Waals surface area contributed by atoms with Gasteiger partial charge in [0.2, 0.25) is 0 Å². The Morgan fingerprint density at radius 2 is 1.20 bits per heavy atom. The van der Waals surface area contributed by atoms with Crippen LogP contribution in [0.25, 0.3) is 10.8 Å². The summed E-state index contributed by atoms with van der Waals surface area (Å²) in [6, 6.07) is 12.0. The Bertz CT molecular complexity index is 516. The number of rotatable bonds is 6. The van der Waals surface area contributed by atoms with Gasteiger partial charge >= 0.3 is 0 Å². The minimum Gasteiger partial charge on any atom is -0.492 e. The number of thiol groups is 2. The maximum atomic E-state index is 5.81. The molecule has 0 radical (unpaired) electrons. The molecule has 2 aromatic carbocycles.